The van der Waals surface area contributed by atoms with Gasteiger partial charge in [-0.1, -0.05) is 18.6 Å². The van der Waals surface area contributed by atoms with E-state index in [-0.39, 0.29) is 30.6 Å². The molecule has 1 aromatic rings. The molecule has 6 atom stereocenters. The fourth-order valence-corrected chi connectivity index (χ4v) is 6.54. The first-order valence-electron chi connectivity index (χ1n) is 14.0. The van der Waals surface area contributed by atoms with E-state index < -0.39 is 87.0 Å². The number of nitrogens with two attached hydrogens (primary N) is 1. The molecule has 14 heteroatoms. The van der Waals surface area contributed by atoms with Crippen molar-refractivity contribution in [3.8, 4) is 5.75 Å². The van der Waals surface area contributed by atoms with E-state index in [0.717, 1.165) is 0 Å². The van der Waals surface area contributed by atoms with E-state index in [9.17, 15) is 44.7 Å². The summed E-state index contributed by atoms with van der Waals surface area (Å²) in [5.74, 6) is -8.84. The molecular formula is C29H38N4O10. The van der Waals surface area contributed by atoms with Gasteiger partial charge in [0.15, 0.2) is 11.4 Å². The fraction of sp³-hybridized carbons (Fsp3) is 0.517. The second kappa shape index (κ2) is 11.7. The number of carbonyl (C=O) groups excluding carboxylic acids is 3. The van der Waals surface area contributed by atoms with Gasteiger partial charge >= 0.3 is 5.97 Å². The van der Waals surface area contributed by atoms with Crippen molar-refractivity contribution in [2.24, 2.45) is 17.6 Å². The number of carboxylic acid groups (broad SMARTS) is 1. The minimum atomic E-state index is -2.80. The van der Waals surface area contributed by atoms with E-state index in [4.69, 9.17) is 10.8 Å². The van der Waals surface area contributed by atoms with E-state index in [1.807, 2.05) is 0 Å². The van der Waals surface area contributed by atoms with Gasteiger partial charge in [0.2, 0.25) is 5.78 Å². The Morgan fingerprint density at radius 3 is 2.44 bits per heavy atom. The van der Waals surface area contributed by atoms with Gasteiger partial charge in [0.25, 0.3) is 5.91 Å². The molecule has 1 fully saturated rings. The topological polar surface area (TPSA) is 243 Å². The van der Waals surface area contributed by atoms with Crippen LogP contribution in [0.5, 0.6) is 5.75 Å². The number of benzene rings is 1. The van der Waals surface area contributed by atoms with Gasteiger partial charge < -0.3 is 41.7 Å². The van der Waals surface area contributed by atoms with E-state index in [0.29, 0.717) is 19.4 Å². The van der Waals surface area contributed by atoms with Crippen LogP contribution in [0.1, 0.15) is 43.7 Å². The van der Waals surface area contributed by atoms with Crippen molar-refractivity contribution in [2.75, 3.05) is 27.3 Å². The van der Waals surface area contributed by atoms with E-state index in [1.165, 1.54) is 44.1 Å². The molecule has 14 nitrogen and oxygen atoms in total. The van der Waals surface area contributed by atoms with Crippen LogP contribution < -0.4 is 16.4 Å². The maximum absolute atomic E-state index is 14.1. The van der Waals surface area contributed by atoms with Crippen LogP contribution in [0.4, 0.5) is 0 Å². The molecular weight excluding hydrogens is 564 g/mol. The number of hydrogen-bond donors (Lipinski definition) is 9. The quantitative estimate of drug-likeness (QED) is 0.0923. The van der Waals surface area contributed by atoms with Gasteiger partial charge in [0.1, 0.15) is 28.9 Å². The number of fused-ring (bicyclic) bond motifs is 3. The van der Waals surface area contributed by atoms with Crippen LogP contribution in [0.15, 0.2) is 35.1 Å². The van der Waals surface area contributed by atoms with E-state index in [1.54, 1.807) is 0 Å². The Labute approximate surface area is 247 Å². The van der Waals surface area contributed by atoms with Gasteiger partial charge in [-0.3, -0.25) is 29.4 Å². The molecule has 0 spiro atoms. The molecule has 234 valence electrons. The molecule has 3 aliphatic rings. The SMILES string of the molecule is CN(C)[C@@H]1C(=O)C(C(=O)NCNCCCC[C@H](N)C(=O)O)=C(O)[C@]2(O)C(=O)C3=C(O)c4c(O)cccc4[C@](C)(O)[C@@H]3C[C@@H]12. The highest BCUT2D eigenvalue weighted by Crippen LogP contribution is 2.57. The van der Waals surface area contributed by atoms with Crippen LogP contribution in [0.2, 0.25) is 0 Å². The zero-order valence-corrected chi connectivity index (χ0v) is 24.1. The second-order valence-corrected chi connectivity index (χ2v) is 11.7. The Kier molecular flexibility index (Phi) is 8.73. The Morgan fingerprint density at radius 2 is 1.81 bits per heavy atom. The number of ketones is 2. The maximum Gasteiger partial charge on any atom is 0.320 e. The average Bonchev–Trinajstić information content (AvgIpc) is 2.92. The molecule has 1 saturated carbocycles. The van der Waals surface area contributed by atoms with Crippen molar-refractivity contribution in [2.45, 2.75) is 55.9 Å². The van der Waals surface area contributed by atoms with Crippen LogP contribution in [0.3, 0.4) is 0 Å². The Hall–Kier alpha value is -3.82. The summed E-state index contributed by atoms with van der Waals surface area (Å²) in [6.45, 7) is 1.63. The van der Waals surface area contributed by atoms with Gasteiger partial charge in [-0.15, -0.1) is 0 Å². The van der Waals surface area contributed by atoms with Crippen molar-refractivity contribution in [3.63, 3.8) is 0 Å². The molecule has 0 aliphatic heterocycles. The normalized spacial score (nSPS) is 29.2. The summed E-state index contributed by atoms with van der Waals surface area (Å²) in [6.07, 6.45) is 1.10. The fourth-order valence-electron chi connectivity index (χ4n) is 6.54. The molecule has 0 aromatic heterocycles. The van der Waals surface area contributed by atoms with Gasteiger partial charge in [0.05, 0.1) is 23.9 Å². The Balaban J connectivity index is 1.64. The number of likely N-dealkylation sites (N-methyl/N-ethyl adjacent to an activating group) is 1. The monoisotopic (exact) mass is 602 g/mol. The lowest BCUT2D eigenvalue weighted by atomic mass is 9.54. The lowest BCUT2D eigenvalue weighted by Crippen LogP contribution is -2.67. The number of rotatable bonds is 10. The molecule has 0 heterocycles. The standard InChI is InChI=1S/C29H38N4O10/c1-28(42)13-7-6-9-17(34)18(13)22(35)19-14(28)11-15-21(33(2)3)23(36)20(25(38)29(15,43)24(19)37)26(39)32-12-31-10-5-4-8-16(30)27(40)41/h6-7,9,14-16,21,31,34-35,38,42-43H,4-5,8,10-12,30H2,1-3H3,(H,32,39)(H,40,41)/t14-,15+,16+,21+,28+,29-/m1/s1. The summed E-state index contributed by atoms with van der Waals surface area (Å²) in [7, 11) is 3.02. The Morgan fingerprint density at radius 1 is 1.14 bits per heavy atom. The van der Waals surface area contributed by atoms with Gasteiger partial charge in [-0.05, 0) is 58.5 Å². The van der Waals surface area contributed by atoms with Gasteiger partial charge in [-0.25, -0.2) is 0 Å². The number of unbranched alkanes of at least 4 members (excludes halogenated alkanes) is 1. The van der Waals surface area contributed by atoms with Crippen molar-refractivity contribution in [1.82, 2.24) is 15.5 Å². The number of nitrogens with one attached hydrogen (secondary N) is 2. The number of phenols is 1. The highest BCUT2D eigenvalue weighted by Gasteiger charge is 2.66. The molecule has 0 bridgehead atoms. The van der Waals surface area contributed by atoms with Crippen LogP contribution in [-0.4, -0.2) is 104 Å². The smallest absolute Gasteiger partial charge is 0.320 e. The zero-order chi connectivity index (χ0) is 32.0. The molecule has 10 N–H and O–H groups in total. The summed E-state index contributed by atoms with van der Waals surface area (Å²) in [5.41, 5.74) is -0.436. The molecule has 43 heavy (non-hydrogen) atoms. The van der Waals surface area contributed by atoms with Crippen LogP contribution in [-0.2, 0) is 24.8 Å². The molecule has 0 unspecified atom stereocenters. The number of phenolic OH excluding ortho intramolecular Hbond substituents is 1. The van der Waals surface area contributed by atoms with Crippen molar-refractivity contribution < 1.29 is 49.8 Å². The largest absolute Gasteiger partial charge is 0.508 e. The molecule has 0 saturated heterocycles. The number of amides is 1. The zero-order valence-electron chi connectivity index (χ0n) is 24.1. The third kappa shape index (κ3) is 5.18. The summed E-state index contributed by atoms with van der Waals surface area (Å²) in [6, 6.07) is 1.99. The number of aliphatic hydroxyl groups is 4. The summed E-state index contributed by atoms with van der Waals surface area (Å²) >= 11 is 0. The maximum atomic E-state index is 14.1. The molecule has 0 radical (unpaired) electrons. The highest BCUT2D eigenvalue weighted by atomic mass is 16.4. The molecule has 1 aromatic carbocycles. The Bertz CT molecular complexity index is 1420. The lowest BCUT2D eigenvalue weighted by molar-refractivity contribution is -0.159. The first-order valence-corrected chi connectivity index (χ1v) is 14.0. The number of carboxylic acids is 1. The number of carbonyl (C=O) groups is 4. The predicted octanol–water partition coefficient (Wildman–Crippen LogP) is -0.611. The number of Topliss-reactive ketones (excluding diaryl/α,β-unsaturated/α-hetero) is 2. The number of aliphatic carboxylic acids is 1. The van der Waals surface area contributed by atoms with Crippen LogP contribution >= 0.6 is 0 Å². The van der Waals surface area contributed by atoms with Crippen LogP contribution in [0, 0.1) is 11.8 Å². The summed E-state index contributed by atoms with van der Waals surface area (Å²) in [5, 5.41) is 70.6. The predicted molar refractivity (Wildman–Crippen MR) is 151 cm³/mol. The highest BCUT2D eigenvalue weighted by molar-refractivity contribution is 6.25. The number of nitrogens with zero attached hydrogens (tertiary/aromatic N) is 1. The van der Waals surface area contributed by atoms with E-state index in [2.05, 4.69) is 10.6 Å². The van der Waals surface area contributed by atoms with Gasteiger partial charge in [0, 0.05) is 17.4 Å². The molecule has 4 rings (SSSR count). The van der Waals surface area contributed by atoms with Crippen LogP contribution in [0.25, 0.3) is 5.76 Å². The molecule has 3 aliphatic carbocycles. The summed E-state index contributed by atoms with van der Waals surface area (Å²) in [4.78, 5) is 53.1. The lowest BCUT2D eigenvalue weighted by Gasteiger charge is -2.53. The van der Waals surface area contributed by atoms with Crippen molar-refractivity contribution in [3.05, 3.63) is 46.2 Å². The summed E-state index contributed by atoms with van der Waals surface area (Å²) < 4.78 is 0. The third-order valence-electron chi connectivity index (χ3n) is 8.81. The van der Waals surface area contributed by atoms with Crippen molar-refractivity contribution in [1.29, 1.82) is 0 Å². The van der Waals surface area contributed by atoms with Gasteiger partial charge in [-0.2, -0.15) is 0 Å². The first-order chi connectivity index (χ1) is 20.1. The molecule has 1 amide bonds. The number of aromatic hydroxyl groups is 1. The van der Waals surface area contributed by atoms with E-state index >= 15 is 0 Å². The number of aliphatic hydroxyl groups excluding tert-OH is 2. The minimum absolute atomic E-state index is 0.150. The van der Waals surface area contributed by atoms with Crippen molar-refractivity contribution >= 4 is 29.2 Å². The average molecular weight is 603 g/mol. The number of hydrogen-bond acceptors (Lipinski definition) is 12. The third-order valence-corrected chi connectivity index (χ3v) is 8.81. The second-order valence-electron chi connectivity index (χ2n) is 11.7. The first kappa shape index (κ1) is 32.1. The minimum Gasteiger partial charge on any atom is -0.508 e.